The largest absolute Gasteiger partial charge is 0.446 e. The van der Waals surface area contributed by atoms with Crippen LogP contribution in [0, 0.1) is 6.92 Å². The van der Waals surface area contributed by atoms with E-state index in [1.165, 1.54) is 12.1 Å². The van der Waals surface area contributed by atoms with Crippen molar-refractivity contribution >= 4 is 11.8 Å². The number of benzene rings is 1. The van der Waals surface area contributed by atoms with Crippen LogP contribution in [0.1, 0.15) is 16.7 Å². The van der Waals surface area contributed by atoms with Gasteiger partial charge in [-0.05, 0) is 53.6 Å². The Morgan fingerprint density at radius 2 is 1.81 bits per heavy atom. The van der Waals surface area contributed by atoms with Crippen molar-refractivity contribution in [1.82, 2.24) is 10.3 Å². The lowest BCUT2D eigenvalue weighted by atomic mass is 10.1. The quantitative estimate of drug-likeness (QED) is 0.834. The molecule has 112 valence electrons. The van der Waals surface area contributed by atoms with E-state index in [2.05, 4.69) is 10.3 Å². The lowest BCUT2D eigenvalue weighted by Crippen LogP contribution is -2.13. The van der Waals surface area contributed by atoms with Crippen LogP contribution in [0.15, 0.2) is 47.6 Å². The highest BCUT2D eigenvalue weighted by Crippen LogP contribution is 2.36. The second-order valence-electron chi connectivity index (χ2n) is 4.60. The number of alkyl halides is 3. The zero-order valence-electron chi connectivity index (χ0n) is 11.4. The van der Waals surface area contributed by atoms with Gasteiger partial charge in [-0.1, -0.05) is 12.1 Å². The van der Waals surface area contributed by atoms with Crippen molar-refractivity contribution in [2.75, 3.05) is 0 Å². The monoisotopic (exact) mass is 312 g/mol. The molecular weight excluding hydrogens is 297 g/mol. The highest BCUT2D eigenvalue weighted by atomic mass is 32.2. The van der Waals surface area contributed by atoms with Crippen LogP contribution in [0.3, 0.4) is 0 Å². The molecule has 0 atom stereocenters. The molecule has 0 saturated carbocycles. The normalized spacial score (nSPS) is 11.6. The molecule has 6 heteroatoms. The van der Waals surface area contributed by atoms with Gasteiger partial charge in [0, 0.05) is 30.4 Å². The van der Waals surface area contributed by atoms with Crippen molar-refractivity contribution in [2.24, 2.45) is 0 Å². The minimum Gasteiger partial charge on any atom is -0.309 e. The first-order chi connectivity index (χ1) is 9.94. The number of aromatic nitrogens is 1. The number of hydrogen-bond acceptors (Lipinski definition) is 3. The highest BCUT2D eigenvalue weighted by molar-refractivity contribution is 8.00. The van der Waals surface area contributed by atoms with E-state index < -0.39 is 5.51 Å². The van der Waals surface area contributed by atoms with Gasteiger partial charge < -0.3 is 5.32 Å². The molecule has 0 unspecified atom stereocenters. The van der Waals surface area contributed by atoms with Crippen LogP contribution in [0.25, 0.3) is 0 Å². The summed E-state index contributed by atoms with van der Waals surface area (Å²) in [5.41, 5.74) is -1.02. The fraction of sp³-hybridized carbons (Fsp3) is 0.267. The third-order valence-corrected chi connectivity index (χ3v) is 3.69. The number of halogens is 3. The molecule has 1 aromatic heterocycles. The predicted molar refractivity (Wildman–Crippen MR) is 77.9 cm³/mol. The second kappa shape index (κ2) is 6.95. The van der Waals surface area contributed by atoms with Gasteiger partial charge in [0.25, 0.3) is 0 Å². The standard InChI is InChI=1S/C15H15F3N2S/c1-11-6-7-19-9-13(11)10-20-8-12-2-4-14(5-3-12)21-15(16,17)18/h2-7,9,20H,8,10H2,1H3. The van der Waals surface area contributed by atoms with Gasteiger partial charge in [0.1, 0.15) is 0 Å². The number of rotatable bonds is 5. The average molecular weight is 312 g/mol. The summed E-state index contributed by atoms with van der Waals surface area (Å²) in [7, 11) is 0. The summed E-state index contributed by atoms with van der Waals surface area (Å²) in [6, 6.07) is 8.34. The molecule has 0 aliphatic carbocycles. The molecule has 1 N–H and O–H groups in total. The molecule has 0 amide bonds. The minimum atomic E-state index is -4.24. The van der Waals surface area contributed by atoms with Crippen molar-refractivity contribution in [3.63, 3.8) is 0 Å². The maximum Gasteiger partial charge on any atom is 0.446 e. The average Bonchev–Trinajstić information content (AvgIpc) is 2.41. The number of thioether (sulfide) groups is 1. The molecule has 1 heterocycles. The Morgan fingerprint density at radius 1 is 1.10 bits per heavy atom. The molecule has 0 fully saturated rings. The lowest BCUT2D eigenvalue weighted by molar-refractivity contribution is -0.0328. The van der Waals surface area contributed by atoms with Crippen molar-refractivity contribution in [2.45, 2.75) is 30.4 Å². The van der Waals surface area contributed by atoms with Gasteiger partial charge in [0.2, 0.25) is 0 Å². The Morgan fingerprint density at radius 3 is 2.43 bits per heavy atom. The molecule has 1 aromatic carbocycles. The molecule has 2 aromatic rings. The van der Waals surface area contributed by atoms with E-state index in [4.69, 9.17) is 0 Å². The molecule has 0 bridgehead atoms. The molecule has 21 heavy (non-hydrogen) atoms. The first-order valence-corrected chi connectivity index (χ1v) is 7.20. The number of aryl methyl sites for hydroxylation is 1. The lowest BCUT2D eigenvalue weighted by Gasteiger charge is -2.09. The van der Waals surface area contributed by atoms with E-state index in [0.717, 1.165) is 16.7 Å². The van der Waals surface area contributed by atoms with E-state index in [1.54, 1.807) is 18.3 Å². The fourth-order valence-electron chi connectivity index (χ4n) is 1.83. The zero-order chi connectivity index (χ0) is 15.3. The van der Waals surface area contributed by atoms with E-state index in [1.807, 2.05) is 19.2 Å². The van der Waals surface area contributed by atoms with Crippen molar-refractivity contribution in [1.29, 1.82) is 0 Å². The Kier molecular flexibility index (Phi) is 5.25. The third-order valence-electron chi connectivity index (χ3n) is 2.95. The summed E-state index contributed by atoms with van der Waals surface area (Å²) in [5, 5.41) is 3.26. The van der Waals surface area contributed by atoms with Crippen LogP contribution in [-0.2, 0) is 13.1 Å². The van der Waals surface area contributed by atoms with E-state index in [0.29, 0.717) is 13.1 Å². The fourth-order valence-corrected chi connectivity index (χ4v) is 2.37. The summed E-state index contributed by atoms with van der Waals surface area (Å²) in [5.74, 6) is 0. The summed E-state index contributed by atoms with van der Waals surface area (Å²) in [6.45, 7) is 3.30. The Hall–Kier alpha value is -1.53. The smallest absolute Gasteiger partial charge is 0.309 e. The number of pyridine rings is 1. The number of nitrogens with one attached hydrogen (secondary N) is 1. The summed E-state index contributed by atoms with van der Waals surface area (Å²) >= 11 is -0.0966. The van der Waals surface area contributed by atoms with Crippen molar-refractivity contribution < 1.29 is 13.2 Å². The van der Waals surface area contributed by atoms with Crippen LogP contribution in [0.5, 0.6) is 0 Å². The third kappa shape index (κ3) is 5.40. The van der Waals surface area contributed by atoms with Crippen molar-refractivity contribution in [3.05, 3.63) is 59.4 Å². The molecular formula is C15H15F3N2S. The van der Waals surface area contributed by atoms with Crippen LogP contribution >= 0.6 is 11.8 Å². The summed E-state index contributed by atoms with van der Waals surface area (Å²) in [6.07, 6.45) is 3.56. The van der Waals surface area contributed by atoms with Gasteiger partial charge in [0.15, 0.2) is 0 Å². The van der Waals surface area contributed by atoms with E-state index in [-0.39, 0.29) is 16.7 Å². The van der Waals surface area contributed by atoms with Crippen molar-refractivity contribution in [3.8, 4) is 0 Å². The predicted octanol–water partition coefficient (Wildman–Crippen LogP) is 4.29. The number of nitrogens with zero attached hydrogens (tertiary/aromatic N) is 1. The van der Waals surface area contributed by atoms with Gasteiger partial charge >= 0.3 is 5.51 Å². The highest BCUT2D eigenvalue weighted by Gasteiger charge is 2.28. The first-order valence-electron chi connectivity index (χ1n) is 6.39. The molecule has 0 radical (unpaired) electrons. The van der Waals surface area contributed by atoms with E-state index in [9.17, 15) is 13.2 Å². The van der Waals surface area contributed by atoms with Gasteiger partial charge in [-0.2, -0.15) is 13.2 Å². The topological polar surface area (TPSA) is 24.9 Å². The molecule has 2 nitrogen and oxygen atoms in total. The van der Waals surface area contributed by atoms with Crippen LogP contribution in [0.4, 0.5) is 13.2 Å². The van der Waals surface area contributed by atoms with Gasteiger partial charge in [-0.25, -0.2) is 0 Å². The number of hydrogen-bond donors (Lipinski definition) is 1. The zero-order valence-corrected chi connectivity index (χ0v) is 12.3. The van der Waals surface area contributed by atoms with Crippen LogP contribution < -0.4 is 5.32 Å². The summed E-state index contributed by atoms with van der Waals surface area (Å²) < 4.78 is 36.6. The summed E-state index contributed by atoms with van der Waals surface area (Å²) in [4.78, 5) is 4.27. The molecule has 0 aliphatic heterocycles. The second-order valence-corrected chi connectivity index (χ2v) is 5.74. The molecule has 0 saturated heterocycles. The van der Waals surface area contributed by atoms with Gasteiger partial charge in [-0.15, -0.1) is 0 Å². The maximum absolute atomic E-state index is 12.2. The first kappa shape index (κ1) is 15.9. The molecule has 2 rings (SSSR count). The maximum atomic E-state index is 12.2. The Balaban J connectivity index is 1.85. The van der Waals surface area contributed by atoms with Gasteiger partial charge in [-0.3, -0.25) is 4.98 Å². The minimum absolute atomic E-state index is 0.0966. The van der Waals surface area contributed by atoms with Gasteiger partial charge in [0.05, 0.1) is 0 Å². The SMILES string of the molecule is Cc1ccncc1CNCc1ccc(SC(F)(F)F)cc1. The molecule has 0 spiro atoms. The van der Waals surface area contributed by atoms with Crippen LogP contribution in [0.2, 0.25) is 0 Å². The van der Waals surface area contributed by atoms with E-state index >= 15 is 0 Å². The Bertz CT molecular complexity index is 582. The molecule has 0 aliphatic rings. The Labute approximate surface area is 125 Å². The van der Waals surface area contributed by atoms with Crippen LogP contribution in [-0.4, -0.2) is 10.5 Å².